The number of nitrogens with zero attached hydrogens (tertiary/aromatic N) is 1. The van der Waals surface area contributed by atoms with Crippen LogP contribution in [0.1, 0.15) is 35.7 Å². The summed E-state index contributed by atoms with van der Waals surface area (Å²) >= 11 is 6.24. The van der Waals surface area contributed by atoms with Crippen molar-refractivity contribution in [2.75, 3.05) is 13.2 Å². The zero-order chi connectivity index (χ0) is 22.0. The molecule has 2 aromatic carbocycles. The minimum absolute atomic E-state index is 0.146. The van der Waals surface area contributed by atoms with Crippen molar-refractivity contribution in [3.05, 3.63) is 58.6 Å². The Morgan fingerprint density at radius 3 is 2.71 bits per heavy atom. The first-order valence-electron chi connectivity index (χ1n) is 9.98. The van der Waals surface area contributed by atoms with E-state index in [2.05, 4.69) is 10.7 Å². The second kappa shape index (κ2) is 8.47. The van der Waals surface area contributed by atoms with Crippen LogP contribution in [0.2, 0.25) is 5.02 Å². The molecule has 1 fully saturated rings. The van der Waals surface area contributed by atoms with E-state index in [1.54, 1.807) is 6.92 Å². The van der Waals surface area contributed by atoms with E-state index in [0.717, 1.165) is 5.56 Å². The summed E-state index contributed by atoms with van der Waals surface area (Å²) in [7, 11) is 0. The summed E-state index contributed by atoms with van der Waals surface area (Å²) in [5, 5.41) is 3.61. The van der Waals surface area contributed by atoms with Crippen molar-refractivity contribution in [2.24, 2.45) is 0 Å². The molecule has 31 heavy (non-hydrogen) atoms. The topological polar surface area (TPSA) is 97.0 Å². The van der Waals surface area contributed by atoms with Crippen LogP contribution in [-0.2, 0) is 11.2 Å². The van der Waals surface area contributed by atoms with Crippen LogP contribution >= 0.6 is 11.6 Å². The standard InChI is InChI=1S/C22H22ClN3O5/c1-22(9-8-14-6-3-2-4-7-14)20(28)26(21(29)24-22)25-19(27)15-12-16(23)18-17(13-15)30-10-5-11-31-18/h2-4,6-7,12-13H,5,8-11H2,1H3,(H,24,29)(H,25,27)/t22-/m1/s1. The van der Waals surface area contributed by atoms with Gasteiger partial charge in [-0.2, -0.15) is 5.01 Å². The van der Waals surface area contributed by atoms with E-state index >= 15 is 0 Å². The van der Waals surface area contributed by atoms with E-state index in [1.165, 1.54) is 12.1 Å². The minimum Gasteiger partial charge on any atom is -0.489 e. The predicted molar refractivity (Wildman–Crippen MR) is 113 cm³/mol. The number of benzene rings is 2. The molecule has 2 aliphatic heterocycles. The lowest BCUT2D eigenvalue weighted by Gasteiger charge is -2.21. The van der Waals surface area contributed by atoms with E-state index < -0.39 is 23.4 Å². The summed E-state index contributed by atoms with van der Waals surface area (Å²) in [6.07, 6.45) is 1.68. The number of ether oxygens (including phenoxy) is 2. The van der Waals surface area contributed by atoms with Crippen LogP contribution in [0.3, 0.4) is 0 Å². The van der Waals surface area contributed by atoms with Gasteiger partial charge in [-0.3, -0.25) is 15.0 Å². The van der Waals surface area contributed by atoms with Crippen LogP contribution < -0.4 is 20.2 Å². The first-order valence-corrected chi connectivity index (χ1v) is 10.4. The maximum absolute atomic E-state index is 12.9. The van der Waals surface area contributed by atoms with Gasteiger partial charge < -0.3 is 14.8 Å². The predicted octanol–water partition coefficient (Wildman–Crippen LogP) is 3.09. The molecule has 0 aliphatic carbocycles. The smallest absolute Gasteiger partial charge is 0.344 e. The molecule has 0 saturated carbocycles. The molecular weight excluding hydrogens is 422 g/mol. The van der Waals surface area contributed by atoms with Crippen molar-refractivity contribution in [1.82, 2.24) is 15.8 Å². The number of halogens is 1. The summed E-state index contributed by atoms with van der Waals surface area (Å²) in [6.45, 7) is 2.54. The van der Waals surface area contributed by atoms with Gasteiger partial charge in [0.1, 0.15) is 5.54 Å². The number of imide groups is 1. The van der Waals surface area contributed by atoms with Crippen molar-refractivity contribution in [2.45, 2.75) is 31.7 Å². The third-order valence-corrected chi connectivity index (χ3v) is 5.58. The van der Waals surface area contributed by atoms with Crippen LogP contribution in [-0.4, -0.2) is 41.6 Å². The average molecular weight is 444 g/mol. The molecule has 1 atom stereocenters. The number of carbonyl (C=O) groups is 3. The summed E-state index contributed by atoms with van der Waals surface area (Å²) in [6, 6.07) is 11.9. The van der Waals surface area contributed by atoms with Crippen molar-refractivity contribution in [3.63, 3.8) is 0 Å². The fraction of sp³-hybridized carbons (Fsp3) is 0.318. The van der Waals surface area contributed by atoms with E-state index in [1.807, 2.05) is 30.3 Å². The number of hydrogen-bond acceptors (Lipinski definition) is 5. The van der Waals surface area contributed by atoms with E-state index in [0.29, 0.717) is 49.0 Å². The summed E-state index contributed by atoms with van der Waals surface area (Å²) in [5.41, 5.74) is 2.45. The second-order valence-corrected chi connectivity index (χ2v) is 8.07. The molecule has 0 spiro atoms. The molecule has 8 nitrogen and oxygen atoms in total. The Hall–Kier alpha value is -3.26. The Kier molecular flexibility index (Phi) is 5.73. The highest BCUT2D eigenvalue weighted by atomic mass is 35.5. The lowest BCUT2D eigenvalue weighted by molar-refractivity contribution is -0.132. The Bertz CT molecular complexity index is 1030. The average Bonchev–Trinajstić information content (AvgIpc) is 2.93. The normalized spacial score (nSPS) is 20.3. The molecule has 1 saturated heterocycles. The number of amides is 4. The van der Waals surface area contributed by atoms with Crippen molar-refractivity contribution in [3.8, 4) is 11.5 Å². The molecule has 2 aliphatic rings. The van der Waals surface area contributed by atoms with Crippen LogP contribution in [0.4, 0.5) is 4.79 Å². The van der Waals surface area contributed by atoms with Gasteiger partial charge in [-0.15, -0.1) is 0 Å². The quantitative estimate of drug-likeness (QED) is 0.692. The lowest BCUT2D eigenvalue weighted by Crippen LogP contribution is -2.49. The molecule has 4 rings (SSSR count). The van der Waals surface area contributed by atoms with Crippen LogP contribution in [0, 0.1) is 0 Å². The third-order valence-electron chi connectivity index (χ3n) is 5.30. The molecular formula is C22H22ClN3O5. The fourth-order valence-corrected chi connectivity index (χ4v) is 3.79. The Balaban J connectivity index is 1.47. The highest BCUT2D eigenvalue weighted by Crippen LogP contribution is 2.38. The molecule has 0 radical (unpaired) electrons. The first-order chi connectivity index (χ1) is 14.9. The monoisotopic (exact) mass is 443 g/mol. The van der Waals surface area contributed by atoms with Crippen molar-refractivity contribution in [1.29, 1.82) is 0 Å². The highest BCUT2D eigenvalue weighted by molar-refractivity contribution is 6.32. The number of hydrogen-bond donors (Lipinski definition) is 2. The zero-order valence-electron chi connectivity index (χ0n) is 16.9. The SMILES string of the molecule is C[C@]1(CCc2ccccc2)NC(=O)N(NC(=O)c2cc(Cl)c3c(c2)OCCCO3)C1=O. The number of nitrogens with one attached hydrogen (secondary N) is 2. The molecule has 2 heterocycles. The van der Waals surface area contributed by atoms with E-state index in [9.17, 15) is 14.4 Å². The number of fused-ring (bicyclic) bond motifs is 1. The van der Waals surface area contributed by atoms with Gasteiger partial charge in [-0.1, -0.05) is 41.9 Å². The van der Waals surface area contributed by atoms with Gasteiger partial charge in [-0.05, 0) is 37.5 Å². The molecule has 4 amide bonds. The Morgan fingerprint density at radius 2 is 1.94 bits per heavy atom. The minimum atomic E-state index is -1.12. The third kappa shape index (κ3) is 4.29. The van der Waals surface area contributed by atoms with Crippen molar-refractivity contribution >= 4 is 29.4 Å². The number of urea groups is 1. The highest BCUT2D eigenvalue weighted by Gasteiger charge is 2.48. The summed E-state index contributed by atoms with van der Waals surface area (Å²) in [4.78, 5) is 38.1. The van der Waals surface area contributed by atoms with E-state index in [-0.39, 0.29) is 10.6 Å². The van der Waals surface area contributed by atoms with Crippen LogP contribution in [0.15, 0.2) is 42.5 Å². The zero-order valence-corrected chi connectivity index (χ0v) is 17.7. The van der Waals surface area contributed by atoms with Crippen LogP contribution in [0.5, 0.6) is 11.5 Å². The van der Waals surface area contributed by atoms with Gasteiger partial charge in [0.25, 0.3) is 11.8 Å². The number of carbonyl (C=O) groups excluding carboxylic acids is 3. The molecule has 162 valence electrons. The van der Waals surface area contributed by atoms with Gasteiger partial charge in [0.05, 0.1) is 18.2 Å². The molecule has 0 aromatic heterocycles. The first kappa shape index (κ1) is 21.0. The van der Waals surface area contributed by atoms with Gasteiger partial charge in [-0.25, -0.2) is 4.79 Å². The van der Waals surface area contributed by atoms with Crippen molar-refractivity contribution < 1.29 is 23.9 Å². The molecule has 0 unspecified atom stereocenters. The number of hydrazine groups is 1. The maximum Gasteiger partial charge on any atom is 0.344 e. The Morgan fingerprint density at radius 1 is 1.19 bits per heavy atom. The van der Waals surface area contributed by atoms with E-state index in [4.69, 9.17) is 21.1 Å². The Labute approximate surface area is 184 Å². The molecule has 0 bridgehead atoms. The van der Waals surface area contributed by atoms with Gasteiger partial charge >= 0.3 is 6.03 Å². The van der Waals surface area contributed by atoms with Gasteiger partial charge in [0.2, 0.25) is 0 Å². The molecule has 2 aromatic rings. The number of rotatable bonds is 5. The lowest BCUT2D eigenvalue weighted by atomic mass is 9.93. The van der Waals surface area contributed by atoms with Crippen LogP contribution in [0.25, 0.3) is 0 Å². The fourth-order valence-electron chi connectivity index (χ4n) is 3.52. The number of aryl methyl sites for hydroxylation is 1. The van der Waals surface area contributed by atoms with Gasteiger partial charge in [0.15, 0.2) is 11.5 Å². The second-order valence-electron chi connectivity index (χ2n) is 7.67. The maximum atomic E-state index is 12.9. The summed E-state index contributed by atoms with van der Waals surface area (Å²) in [5.74, 6) is -0.463. The molecule has 2 N–H and O–H groups in total. The summed E-state index contributed by atoms with van der Waals surface area (Å²) < 4.78 is 11.1. The molecule has 9 heteroatoms. The van der Waals surface area contributed by atoms with Gasteiger partial charge in [0, 0.05) is 12.0 Å². The largest absolute Gasteiger partial charge is 0.489 e.